The summed E-state index contributed by atoms with van der Waals surface area (Å²) in [4.78, 5) is 25.0. The number of hydrogen-bond acceptors (Lipinski definition) is 6. The molecule has 1 saturated heterocycles. The van der Waals surface area contributed by atoms with Gasteiger partial charge in [-0.3, -0.25) is 0 Å². The lowest BCUT2D eigenvalue weighted by Gasteiger charge is -2.55. The van der Waals surface area contributed by atoms with Crippen LogP contribution in [0.2, 0.25) is 0 Å². The van der Waals surface area contributed by atoms with Crippen molar-refractivity contribution in [3.63, 3.8) is 0 Å². The Morgan fingerprint density at radius 1 is 1.38 bits per heavy atom. The van der Waals surface area contributed by atoms with Crippen molar-refractivity contribution in [2.75, 3.05) is 0 Å². The molecule has 1 aliphatic heterocycles. The molecule has 3 rings (SSSR count). The molecule has 0 aromatic heterocycles. The van der Waals surface area contributed by atoms with Crippen molar-refractivity contribution >= 4 is 11.9 Å². The SMILES string of the molecule is C/C=C(/C)C(=O)O[C@]1(C)C(=O)O[C@H]2[C@H]3[C@](C)(CC[C@@H]21)[C@H](O)C=C[C@@]3(C)O. The minimum Gasteiger partial charge on any atom is -0.458 e. The highest BCUT2D eigenvalue weighted by molar-refractivity contribution is 5.92. The predicted octanol–water partition coefficient (Wildman–Crippen LogP) is 1.89. The number of aliphatic hydroxyl groups excluding tert-OH is 1. The molecule has 1 saturated carbocycles. The van der Waals surface area contributed by atoms with Crippen LogP contribution in [0.25, 0.3) is 0 Å². The molecular formula is C20H28O6. The molecule has 2 fully saturated rings. The second-order valence-corrected chi connectivity index (χ2v) is 8.50. The quantitative estimate of drug-likeness (QED) is 0.442. The summed E-state index contributed by atoms with van der Waals surface area (Å²) in [7, 11) is 0. The van der Waals surface area contributed by atoms with Crippen LogP contribution in [0, 0.1) is 17.3 Å². The molecule has 0 aromatic rings. The van der Waals surface area contributed by atoms with E-state index in [4.69, 9.17) is 9.47 Å². The predicted molar refractivity (Wildman–Crippen MR) is 93.9 cm³/mol. The minimum atomic E-state index is -1.39. The molecule has 144 valence electrons. The topological polar surface area (TPSA) is 93.1 Å². The van der Waals surface area contributed by atoms with Gasteiger partial charge < -0.3 is 19.7 Å². The molecule has 6 nitrogen and oxygen atoms in total. The second-order valence-electron chi connectivity index (χ2n) is 8.50. The summed E-state index contributed by atoms with van der Waals surface area (Å²) in [6, 6.07) is 0. The first-order valence-electron chi connectivity index (χ1n) is 9.14. The molecule has 26 heavy (non-hydrogen) atoms. The number of aliphatic hydroxyl groups is 2. The average molecular weight is 364 g/mol. The number of carbonyl (C=O) groups excluding carboxylic acids is 2. The zero-order valence-corrected chi connectivity index (χ0v) is 16.0. The van der Waals surface area contributed by atoms with Gasteiger partial charge in [0.05, 0.1) is 11.7 Å². The van der Waals surface area contributed by atoms with E-state index in [1.165, 1.54) is 0 Å². The van der Waals surface area contributed by atoms with Gasteiger partial charge in [0.15, 0.2) is 0 Å². The van der Waals surface area contributed by atoms with Gasteiger partial charge in [-0.2, -0.15) is 0 Å². The summed E-state index contributed by atoms with van der Waals surface area (Å²) in [5.74, 6) is -1.99. The lowest BCUT2D eigenvalue weighted by atomic mass is 9.52. The third-order valence-electron chi connectivity index (χ3n) is 6.77. The Morgan fingerprint density at radius 3 is 2.65 bits per heavy atom. The maximum atomic E-state index is 12.7. The van der Waals surface area contributed by atoms with Crippen molar-refractivity contribution in [3.05, 3.63) is 23.8 Å². The van der Waals surface area contributed by atoms with Gasteiger partial charge in [0.2, 0.25) is 5.60 Å². The van der Waals surface area contributed by atoms with E-state index in [9.17, 15) is 19.8 Å². The molecule has 0 amide bonds. The monoisotopic (exact) mass is 364 g/mol. The molecule has 0 unspecified atom stereocenters. The number of fused-ring (bicyclic) bond motifs is 3. The standard InChI is InChI=1S/C20H28O6/c1-6-11(2)16(22)26-20(5)12-7-9-18(3)13(21)8-10-19(4,24)15(18)14(12)25-17(20)23/h6,8,10,12-15,21,24H,7,9H2,1-5H3/b11-6-/t12-,13+,14+,15-,18+,19+,20-/m0/s1. The van der Waals surface area contributed by atoms with E-state index in [1.807, 2.05) is 6.92 Å². The zero-order valence-electron chi connectivity index (χ0n) is 16.0. The molecule has 2 aliphatic carbocycles. The lowest BCUT2D eigenvalue weighted by molar-refractivity contribution is -0.175. The molecular weight excluding hydrogens is 336 g/mol. The fourth-order valence-corrected chi connectivity index (χ4v) is 4.97. The van der Waals surface area contributed by atoms with Gasteiger partial charge in [0, 0.05) is 22.8 Å². The van der Waals surface area contributed by atoms with Crippen LogP contribution in [0.4, 0.5) is 0 Å². The molecule has 7 atom stereocenters. The van der Waals surface area contributed by atoms with Crippen LogP contribution in [0.1, 0.15) is 47.5 Å². The Labute approximate surface area is 153 Å². The zero-order chi connectivity index (χ0) is 19.5. The molecule has 6 heteroatoms. The smallest absolute Gasteiger partial charge is 0.351 e. The maximum Gasteiger partial charge on any atom is 0.351 e. The van der Waals surface area contributed by atoms with Crippen molar-refractivity contribution < 1.29 is 29.3 Å². The Bertz CT molecular complexity index is 692. The molecule has 3 aliphatic rings. The van der Waals surface area contributed by atoms with Crippen molar-refractivity contribution in [2.24, 2.45) is 17.3 Å². The second kappa shape index (κ2) is 5.92. The van der Waals surface area contributed by atoms with E-state index in [0.717, 1.165) is 0 Å². The molecule has 0 radical (unpaired) electrons. The Balaban J connectivity index is 1.98. The summed E-state index contributed by atoms with van der Waals surface area (Å²) in [6.07, 6.45) is 4.62. The average Bonchev–Trinajstić information content (AvgIpc) is 2.80. The molecule has 0 aromatic carbocycles. The van der Waals surface area contributed by atoms with Gasteiger partial charge in [-0.15, -0.1) is 0 Å². The molecule has 0 spiro atoms. The van der Waals surface area contributed by atoms with Crippen LogP contribution in [-0.4, -0.2) is 45.6 Å². The van der Waals surface area contributed by atoms with Gasteiger partial charge >= 0.3 is 11.9 Å². The Morgan fingerprint density at radius 2 is 2.04 bits per heavy atom. The Kier molecular flexibility index (Phi) is 4.36. The normalized spacial score (nSPS) is 47.8. The first-order valence-corrected chi connectivity index (χ1v) is 9.14. The fourth-order valence-electron chi connectivity index (χ4n) is 4.97. The van der Waals surface area contributed by atoms with Crippen molar-refractivity contribution in [3.8, 4) is 0 Å². The number of rotatable bonds is 2. The van der Waals surface area contributed by atoms with Gasteiger partial charge in [0.25, 0.3) is 0 Å². The van der Waals surface area contributed by atoms with Crippen LogP contribution in [0.15, 0.2) is 23.8 Å². The number of ether oxygens (including phenoxy) is 2. The van der Waals surface area contributed by atoms with Crippen LogP contribution in [-0.2, 0) is 19.1 Å². The van der Waals surface area contributed by atoms with Crippen molar-refractivity contribution in [1.82, 2.24) is 0 Å². The van der Waals surface area contributed by atoms with Crippen molar-refractivity contribution in [2.45, 2.75) is 70.9 Å². The van der Waals surface area contributed by atoms with E-state index < -0.39 is 46.7 Å². The highest BCUT2D eigenvalue weighted by Crippen LogP contribution is 2.58. The summed E-state index contributed by atoms with van der Waals surface area (Å²) in [5, 5.41) is 21.5. The van der Waals surface area contributed by atoms with Crippen LogP contribution in [0.3, 0.4) is 0 Å². The van der Waals surface area contributed by atoms with Gasteiger partial charge in [-0.1, -0.05) is 25.2 Å². The summed E-state index contributed by atoms with van der Waals surface area (Å²) in [5.41, 5.74) is -2.82. The van der Waals surface area contributed by atoms with E-state index in [2.05, 4.69) is 0 Å². The minimum absolute atomic E-state index is 0.369. The van der Waals surface area contributed by atoms with Gasteiger partial charge in [-0.05, 0) is 40.5 Å². The van der Waals surface area contributed by atoms with Crippen LogP contribution in [0.5, 0.6) is 0 Å². The molecule has 0 bridgehead atoms. The number of allylic oxidation sites excluding steroid dienone is 1. The number of hydrogen-bond donors (Lipinski definition) is 2. The van der Waals surface area contributed by atoms with Crippen molar-refractivity contribution in [1.29, 1.82) is 0 Å². The van der Waals surface area contributed by atoms with E-state index in [0.29, 0.717) is 18.4 Å². The Hall–Kier alpha value is -1.66. The number of carbonyl (C=O) groups is 2. The van der Waals surface area contributed by atoms with E-state index >= 15 is 0 Å². The third-order valence-corrected chi connectivity index (χ3v) is 6.77. The van der Waals surface area contributed by atoms with Crippen LogP contribution < -0.4 is 0 Å². The van der Waals surface area contributed by atoms with E-state index in [-0.39, 0.29) is 5.92 Å². The first kappa shape index (κ1) is 19.1. The number of esters is 2. The van der Waals surface area contributed by atoms with Gasteiger partial charge in [-0.25, -0.2) is 9.59 Å². The van der Waals surface area contributed by atoms with E-state index in [1.54, 1.807) is 45.9 Å². The highest BCUT2D eigenvalue weighted by Gasteiger charge is 2.68. The fraction of sp³-hybridized carbons (Fsp3) is 0.700. The summed E-state index contributed by atoms with van der Waals surface area (Å²) < 4.78 is 11.3. The highest BCUT2D eigenvalue weighted by atomic mass is 16.6. The molecule has 2 N–H and O–H groups in total. The molecule has 1 heterocycles. The largest absolute Gasteiger partial charge is 0.458 e. The third kappa shape index (κ3) is 2.54. The van der Waals surface area contributed by atoms with Crippen LogP contribution >= 0.6 is 0 Å². The maximum absolute atomic E-state index is 12.7. The first-order chi connectivity index (χ1) is 12.0. The summed E-state index contributed by atoms with van der Waals surface area (Å²) >= 11 is 0. The summed E-state index contributed by atoms with van der Waals surface area (Å²) in [6.45, 7) is 8.53. The lowest BCUT2D eigenvalue weighted by Crippen LogP contribution is -2.61. The van der Waals surface area contributed by atoms with Gasteiger partial charge in [0.1, 0.15) is 6.10 Å².